The van der Waals surface area contributed by atoms with Crippen molar-refractivity contribution in [1.29, 1.82) is 0 Å². The third kappa shape index (κ3) is 3.15. The maximum atomic E-state index is 5.95. The van der Waals surface area contributed by atoms with Crippen LogP contribution in [0.25, 0.3) is 0 Å². The highest BCUT2D eigenvalue weighted by atomic mass is 35.5. The van der Waals surface area contributed by atoms with Gasteiger partial charge in [0.05, 0.1) is 5.56 Å². The molecule has 0 aliphatic rings. The molecule has 0 unspecified atom stereocenters. The molecule has 2 aromatic rings. The lowest BCUT2D eigenvalue weighted by Crippen LogP contribution is -2.04. The lowest BCUT2D eigenvalue weighted by atomic mass is 10.1. The molecule has 19 heavy (non-hydrogen) atoms. The summed E-state index contributed by atoms with van der Waals surface area (Å²) in [4.78, 5) is 8.43. The number of rotatable bonds is 4. The van der Waals surface area contributed by atoms with Crippen LogP contribution in [0.15, 0.2) is 30.6 Å². The zero-order chi connectivity index (χ0) is 13.8. The zero-order valence-electron chi connectivity index (χ0n) is 11.1. The minimum Gasteiger partial charge on any atom is -0.438 e. The highest BCUT2D eigenvalue weighted by molar-refractivity contribution is 6.30. The highest BCUT2D eigenvalue weighted by Crippen LogP contribution is 2.33. The van der Waals surface area contributed by atoms with Gasteiger partial charge in [-0.25, -0.2) is 9.97 Å². The molecule has 1 heterocycles. The van der Waals surface area contributed by atoms with Crippen molar-refractivity contribution in [2.75, 3.05) is 12.4 Å². The first kappa shape index (κ1) is 13.6. The fourth-order valence-electron chi connectivity index (χ4n) is 1.82. The van der Waals surface area contributed by atoms with Crippen LogP contribution in [0.3, 0.4) is 0 Å². The maximum absolute atomic E-state index is 5.95. The van der Waals surface area contributed by atoms with Crippen LogP contribution >= 0.6 is 11.6 Å². The number of anilines is 1. The topological polar surface area (TPSA) is 47.0 Å². The summed E-state index contributed by atoms with van der Waals surface area (Å²) in [5.74, 6) is 2.24. The summed E-state index contributed by atoms with van der Waals surface area (Å²) in [7, 11) is 1.83. The van der Waals surface area contributed by atoms with E-state index in [-0.39, 0.29) is 5.92 Å². The van der Waals surface area contributed by atoms with E-state index >= 15 is 0 Å². The van der Waals surface area contributed by atoms with Gasteiger partial charge in [-0.15, -0.1) is 0 Å². The molecule has 100 valence electrons. The zero-order valence-corrected chi connectivity index (χ0v) is 11.9. The molecule has 0 saturated carbocycles. The summed E-state index contributed by atoms with van der Waals surface area (Å²) < 4.78 is 5.82. The second kappa shape index (κ2) is 5.89. The van der Waals surface area contributed by atoms with Crippen LogP contribution in [0.4, 0.5) is 5.82 Å². The van der Waals surface area contributed by atoms with Crippen LogP contribution in [-0.2, 0) is 0 Å². The van der Waals surface area contributed by atoms with Gasteiger partial charge in [-0.1, -0.05) is 31.5 Å². The van der Waals surface area contributed by atoms with E-state index in [9.17, 15) is 0 Å². The first-order chi connectivity index (χ1) is 9.11. The minimum atomic E-state index is 0.248. The molecule has 1 N–H and O–H groups in total. The smallest absolute Gasteiger partial charge is 0.227 e. The monoisotopic (exact) mass is 277 g/mol. The molecule has 4 nitrogen and oxygen atoms in total. The minimum absolute atomic E-state index is 0.248. The van der Waals surface area contributed by atoms with Gasteiger partial charge in [0.1, 0.15) is 17.9 Å². The summed E-state index contributed by atoms with van der Waals surface area (Å²) in [6.45, 7) is 4.15. The average Bonchev–Trinajstić information content (AvgIpc) is 2.38. The molecule has 0 amide bonds. The molecule has 5 heteroatoms. The van der Waals surface area contributed by atoms with E-state index in [4.69, 9.17) is 16.3 Å². The average molecular weight is 278 g/mol. The number of halogens is 1. The Morgan fingerprint density at radius 2 is 2.05 bits per heavy atom. The van der Waals surface area contributed by atoms with E-state index in [1.807, 2.05) is 19.2 Å². The van der Waals surface area contributed by atoms with Crippen molar-refractivity contribution in [3.63, 3.8) is 0 Å². The van der Waals surface area contributed by atoms with Gasteiger partial charge in [-0.3, -0.25) is 0 Å². The van der Waals surface area contributed by atoms with E-state index < -0.39 is 0 Å². The Bertz CT molecular complexity index is 572. The summed E-state index contributed by atoms with van der Waals surface area (Å²) in [5, 5.41) is 3.69. The Kier molecular flexibility index (Phi) is 4.22. The van der Waals surface area contributed by atoms with Gasteiger partial charge in [0.2, 0.25) is 5.88 Å². The van der Waals surface area contributed by atoms with E-state index in [1.54, 1.807) is 12.1 Å². The van der Waals surface area contributed by atoms with Crippen LogP contribution in [0.2, 0.25) is 5.02 Å². The Labute approximate surface area is 117 Å². The predicted octanol–water partition coefficient (Wildman–Crippen LogP) is 4.09. The molecule has 0 spiro atoms. The highest BCUT2D eigenvalue weighted by Gasteiger charge is 2.16. The number of hydrogen-bond donors (Lipinski definition) is 1. The number of benzene rings is 1. The van der Waals surface area contributed by atoms with Crippen molar-refractivity contribution in [2.45, 2.75) is 19.8 Å². The van der Waals surface area contributed by atoms with Crippen molar-refractivity contribution in [1.82, 2.24) is 9.97 Å². The second-order valence-electron chi connectivity index (χ2n) is 4.41. The van der Waals surface area contributed by atoms with Crippen molar-refractivity contribution in [2.24, 2.45) is 0 Å². The lowest BCUT2D eigenvalue weighted by Gasteiger charge is -2.15. The quantitative estimate of drug-likeness (QED) is 0.914. The van der Waals surface area contributed by atoms with Crippen molar-refractivity contribution in [3.8, 4) is 11.6 Å². The molecule has 1 aromatic heterocycles. The van der Waals surface area contributed by atoms with Crippen molar-refractivity contribution >= 4 is 17.4 Å². The molecule has 0 bridgehead atoms. The molecule has 0 saturated heterocycles. The van der Waals surface area contributed by atoms with Gasteiger partial charge in [0.25, 0.3) is 0 Å². The van der Waals surface area contributed by atoms with E-state index in [1.165, 1.54) is 6.33 Å². The van der Waals surface area contributed by atoms with Gasteiger partial charge in [0.15, 0.2) is 0 Å². The summed E-state index contributed by atoms with van der Waals surface area (Å²) >= 11 is 5.95. The number of nitrogens with zero attached hydrogens (tertiary/aromatic N) is 2. The summed E-state index contributed by atoms with van der Waals surface area (Å²) in [5.41, 5.74) is 0.949. The van der Waals surface area contributed by atoms with Crippen LogP contribution in [0.5, 0.6) is 11.6 Å². The fraction of sp³-hybridized carbons (Fsp3) is 0.286. The van der Waals surface area contributed by atoms with Crippen LogP contribution in [0.1, 0.15) is 25.3 Å². The molecule has 0 fully saturated rings. The van der Waals surface area contributed by atoms with Crippen molar-refractivity contribution < 1.29 is 4.74 Å². The van der Waals surface area contributed by atoms with E-state index in [2.05, 4.69) is 29.1 Å². The Morgan fingerprint density at radius 3 is 2.68 bits per heavy atom. The molecule has 0 aliphatic heterocycles. The second-order valence-corrected chi connectivity index (χ2v) is 4.84. The van der Waals surface area contributed by atoms with Crippen LogP contribution in [-0.4, -0.2) is 17.0 Å². The molecule has 2 rings (SSSR count). The molecule has 1 aromatic carbocycles. The Morgan fingerprint density at radius 1 is 1.26 bits per heavy atom. The Hall–Kier alpha value is -1.81. The number of ether oxygens (including phenoxy) is 1. The summed E-state index contributed by atoms with van der Waals surface area (Å²) in [6.07, 6.45) is 1.48. The largest absolute Gasteiger partial charge is 0.438 e. The van der Waals surface area contributed by atoms with Gasteiger partial charge in [0, 0.05) is 12.1 Å². The number of aromatic nitrogens is 2. The van der Waals surface area contributed by atoms with Crippen LogP contribution in [0, 0.1) is 0 Å². The van der Waals surface area contributed by atoms with E-state index in [0.29, 0.717) is 16.7 Å². The lowest BCUT2D eigenvalue weighted by molar-refractivity contribution is 0.452. The number of hydrogen-bond acceptors (Lipinski definition) is 4. The third-order valence-electron chi connectivity index (χ3n) is 2.67. The standard InChI is InChI=1S/C14H16ClN3O/c1-9(2)12-13(16-3)17-8-18-14(12)19-11-6-4-5-10(15)7-11/h4-9H,1-3H3,(H,16,17,18). The maximum Gasteiger partial charge on any atom is 0.227 e. The van der Waals surface area contributed by atoms with Crippen molar-refractivity contribution in [3.05, 3.63) is 41.2 Å². The van der Waals surface area contributed by atoms with Gasteiger partial charge in [-0.05, 0) is 24.1 Å². The molecule has 0 atom stereocenters. The molecule has 0 radical (unpaired) electrons. The van der Waals surface area contributed by atoms with E-state index in [0.717, 1.165) is 11.4 Å². The first-order valence-corrected chi connectivity index (χ1v) is 6.45. The SMILES string of the molecule is CNc1ncnc(Oc2cccc(Cl)c2)c1C(C)C. The summed E-state index contributed by atoms with van der Waals surface area (Å²) in [6, 6.07) is 7.24. The Balaban J connectivity index is 2.39. The van der Waals surface area contributed by atoms with Crippen LogP contribution < -0.4 is 10.1 Å². The predicted molar refractivity (Wildman–Crippen MR) is 77.2 cm³/mol. The normalized spacial score (nSPS) is 10.6. The fourth-order valence-corrected chi connectivity index (χ4v) is 2.00. The third-order valence-corrected chi connectivity index (χ3v) is 2.91. The first-order valence-electron chi connectivity index (χ1n) is 6.08. The van der Waals surface area contributed by atoms with Gasteiger partial charge >= 0.3 is 0 Å². The molecule has 0 aliphatic carbocycles. The number of nitrogens with one attached hydrogen (secondary N) is 1. The van der Waals surface area contributed by atoms with Gasteiger partial charge < -0.3 is 10.1 Å². The molecular formula is C14H16ClN3O. The van der Waals surface area contributed by atoms with Gasteiger partial charge in [-0.2, -0.15) is 0 Å². The molecular weight excluding hydrogens is 262 g/mol.